The first-order chi connectivity index (χ1) is 15.2. The smallest absolute Gasteiger partial charge is 0.208 e. The molecule has 7 nitrogen and oxygen atoms in total. The van der Waals surface area contributed by atoms with Gasteiger partial charge in [-0.25, -0.2) is 14.4 Å². The second kappa shape index (κ2) is 7.26. The summed E-state index contributed by atoms with van der Waals surface area (Å²) in [4.78, 5) is 10.7. The van der Waals surface area contributed by atoms with Gasteiger partial charge in [0.15, 0.2) is 0 Å². The zero-order valence-corrected chi connectivity index (χ0v) is 17.7. The highest BCUT2D eigenvalue weighted by atomic mass is 32.1. The second-order valence-electron chi connectivity index (χ2n) is 8.32. The normalized spacial score (nSPS) is 23.0. The highest BCUT2D eigenvalue weighted by molar-refractivity contribution is 7.15. The lowest BCUT2D eigenvalue weighted by molar-refractivity contribution is 0.311. The Morgan fingerprint density at radius 2 is 2.03 bits per heavy atom. The van der Waals surface area contributed by atoms with Gasteiger partial charge >= 0.3 is 0 Å². The van der Waals surface area contributed by atoms with Crippen LogP contribution in [0.2, 0.25) is 0 Å². The number of nitrogens with two attached hydrogens (primary N) is 1. The van der Waals surface area contributed by atoms with Crippen molar-refractivity contribution in [1.82, 2.24) is 19.7 Å². The molecule has 0 spiro atoms. The Bertz CT molecular complexity index is 1190. The standard InChI is InChI=1S/C22H22FN7S/c23-16-3-1-2-15-17-11-25-12-30(17)20(19(15)16)13-5-8-29(9-6-13)22-28-27-21(31-22)14-4-7-26-18(24)10-14/h1-3,7,10-14,20H,4-6,8-9,24H2. The van der Waals surface area contributed by atoms with Crippen LogP contribution in [0.25, 0.3) is 11.3 Å². The molecule has 3 aliphatic rings. The van der Waals surface area contributed by atoms with Crippen molar-refractivity contribution in [3.8, 4) is 11.3 Å². The fourth-order valence-electron chi connectivity index (χ4n) is 5.07. The largest absolute Gasteiger partial charge is 0.384 e. The number of imidazole rings is 1. The van der Waals surface area contributed by atoms with Crippen LogP contribution in [-0.2, 0) is 0 Å². The number of hydrogen-bond acceptors (Lipinski definition) is 7. The van der Waals surface area contributed by atoms with Crippen molar-refractivity contribution in [3.05, 3.63) is 59.0 Å². The summed E-state index contributed by atoms with van der Waals surface area (Å²) in [6.45, 7) is 1.77. The number of rotatable bonds is 3. The Kier molecular flexibility index (Phi) is 4.38. The highest BCUT2D eigenvalue weighted by Crippen LogP contribution is 2.47. The van der Waals surface area contributed by atoms with E-state index in [2.05, 4.69) is 29.6 Å². The molecule has 1 saturated heterocycles. The van der Waals surface area contributed by atoms with Gasteiger partial charge in [-0.3, -0.25) is 0 Å². The minimum Gasteiger partial charge on any atom is -0.384 e. The van der Waals surface area contributed by atoms with E-state index in [0.29, 0.717) is 11.7 Å². The third-order valence-electron chi connectivity index (χ3n) is 6.57. The maximum atomic E-state index is 14.8. The van der Waals surface area contributed by atoms with Crippen LogP contribution in [0.4, 0.5) is 9.52 Å². The van der Waals surface area contributed by atoms with Gasteiger partial charge in [-0.05, 0) is 37.3 Å². The molecule has 158 valence electrons. The first-order valence-electron chi connectivity index (χ1n) is 10.6. The molecule has 1 fully saturated rings. The van der Waals surface area contributed by atoms with Crippen molar-refractivity contribution in [2.24, 2.45) is 16.6 Å². The van der Waals surface area contributed by atoms with E-state index in [1.807, 2.05) is 30.9 Å². The van der Waals surface area contributed by atoms with Crippen LogP contribution < -0.4 is 10.6 Å². The molecule has 2 aromatic heterocycles. The Morgan fingerprint density at radius 3 is 2.87 bits per heavy atom. The quantitative estimate of drug-likeness (QED) is 0.678. The monoisotopic (exact) mass is 435 g/mol. The number of piperidine rings is 1. The van der Waals surface area contributed by atoms with E-state index in [-0.39, 0.29) is 17.8 Å². The van der Waals surface area contributed by atoms with Crippen molar-refractivity contribution in [1.29, 1.82) is 0 Å². The number of benzene rings is 1. The van der Waals surface area contributed by atoms with Crippen LogP contribution in [0.3, 0.4) is 0 Å². The Morgan fingerprint density at radius 1 is 1.16 bits per heavy atom. The molecule has 0 aliphatic carbocycles. The van der Waals surface area contributed by atoms with Gasteiger partial charge in [-0.15, -0.1) is 10.2 Å². The summed E-state index contributed by atoms with van der Waals surface area (Å²) >= 11 is 1.63. The van der Waals surface area contributed by atoms with Gasteiger partial charge < -0.3 is 15.2 Å². The lowest BCUT2D eigenvalue weighted by Crippen LogP contribution is -2.36. The van der Waals surface area contributed by atoms with Crippen molar-refractivity contribution < 1.29 is 4.39 Å². The zero-order valence-electron chi connectivity index (χ0n) is 16.9. The topological polar surface area (TPSA) is 85.2 Å². The van der Waals surface area contributed by atoms with E-state index < -0.39 is 0 Å². The maximum Gasteiger partial charge on any atom is 0.208 e. The SMILES string of the molecule is NC1=CC(c2nnc(N3CCC(C4c5c(F)cccc5-c5cncn54)CC3)s2)CC=N1. The van der Waals surface area contributed by atoms with Crippen LogP contribution in [0.1, 0.15) is 41.8 Å². The summed E-state index contributed by atoms with van der Waals surface area (Å²) in [6.07, 6.45) is 10.2. The Balaban J connectivity index is 1.20. The van der Waals surface area contributed by atoms with Gasteiger partial charge in [0.2, 0.25) is 5.13 Å². The van der Waals surface area contributed by atoms with Crippen LogP contribution in [0.5, 0.6) is 0 Å². The van der Waals surface area contributed by atoms with Crippen molar-refractivity contribution >= 4 is 22.7 Å². The van der Waals surface area contributed by atoms with Gasteiger partial charge in [-0.1, -0.05) is 23.5 Å². The molecule has 3 aliphatic heterocycles. The molecule has 0 radical (unpaired) electrons. The second-order valence-corrected chi connectivity index (χ2v) is 9.31. The highest BCUT2D eigenvalue weighted by Gasteiger charge is 2.38. The van der Waals surface area contributed by atoms with Gasteiger partial charge in [0.05, 0.1) is 24.3 Å². The number of anilines is 1. The molecule has 0 saturated carbocycles. The van der Waals surface area contributed by atoms with Gasteiger partial charge in [0.25, 0.3) is 0 Å². The fourth-order valence-corrected chi connectivity index (χ4v) is 6.05. The minimum atomic E-state index is -0.120. The lowest BCUT2D eigenvalue weighted by Gasteiger charge is -2.35. The molecule has 2 N–H and O–H groups in total. The number of halogens is 1. The summed E-state index contributed by atoms with van der Waals surface area (Å²) in [5.41, 5.74) is 8.64. The van der Waals surface area contributed by atoms with Crippen molar-refractivity contribution in [2.75, 3.05) is 18.0 Å². The summed E-state index contributed by atoms with van der Waals surface area (Å²) in [5.74, 6) is 0.924. The van der Waals surface area contributed by atoms with Gasteiger partial charge in [-0.2, -0.15) is 0 Å². The van der Waals surface area contributed by atoms with Crippen LogP contribution >= 0.6 is 11.3 Å². The molecular formula is C22H22FN7S. The molecule has 3 aromatic rings. The van der Waals surface area contributed by atoms with Gasteiger partial charge in [0, 0.05) is 36.3 Å². The Hall–Kier alpha value is -3.07. The third kappa shape index (κ3) is 3.06. The predicted octanol–water partition coefficient (Wildman–Crippen LogP) is 3.72. The average molecular weight is 436 g/mol. The van der Waals surface area contributed by atoms with E-state index in [1.54, 1.807) is 23.5 Å². The molecular weight excluding hydrogens is 413 g/mol. The number of aromatic nitrogens is 4. The van der Waals surface area contributed by atoms with E-state index in [1.165, 1.54) is 0 Å². The Labute approximate surface area is 183 Å². The third-order valence-corrected chi connectivity index (χ3v) is 7.68. The number of fused-ring (bicyclic) bond motifs is 3. The minimum absolute atomic E-state index is 0.00969. The lowest BCUT2D eigenvalue weighted by atomic mass is 9.85. The summed E-state index contributed by atoms with van der Waals surface area (Å²) in [5, 5.41) is 10.8. The first kappa shape index (κ1) is 18.7. The fraction of sp³-hybridized carbons (Fsp3) is 0.364. The van der Waals surface area contributed by atoms with E-state index in [4.69, 9.17) is 5.73 Å². The van der Waals surface area contributed by atoms with E-state index in [9.17, 15) is 4.39 Å². The summed E-state index contributed by atoms with van der Waals surface area (Å²) in [7, 11) is 0. The van der Waals surface area contributed by atoms with E-state index >= 15 is 0 Å². The molecule has 2 atom stereocenters. The van der Waals surface area contributed by atoms with Crippen LogP contribution in [-0.4, -0.2) is 39.1 Å². The predicted molar refractivity (Wildman–Crippen MR) is 119 cm³/mol. The average Bonchev–Trinajstić information content (AvgIpc) is 3.51. The summed E-state index contributed by atoms with van der Waals surface area (Å²) < 4.78 is 17.0. The van der Waals surface area contributed by atoms with Gasteiger partial charge in [0.1, 0.15) is 16.6 Å². The van der Waals surface area contributed by atoms with Crippen LogP contribution in [0.15, 0.2) is 47.6 Å². The van der Waals surface area contributed by atoms with Crippen LogP contribution in [0, 0.1) is 11.7 Å². The summed E-state index contributed by atoms with van der Waals surface area (Å²) in [6, 6.07) is 5.36. The molecule has 9 heteroatoms. The molecule has 0 bridgehead atoms. The van der Waals surface area contributed by atoms with Crippen molar-refractivity contribution in [2.45, 2.75) is 31.2 Å². The molecule has 2 unspecified atom stereocenters. The van der Waals surface area contributed by atoms with Crippen molar-refractivity contribution in [3.63, 3.8) is 0 Å². The molecule has 1 aromatic carbocycles. The number of nitrogens with zero attached hydrogens (tertiary/aromatic N) is 6. The molecule has 6 rings (SSSR count). The van der Waals surface area contributed by atoms with E-state index in [0.717, 1.165) is 59.3 Å². The zero-order chi connectivity index (χ0) is 20.9. The first-order valence-corrected chi connectivity index (χ1v) is 11.4. The molecule has 31 heavy (non-hydrogen) atoms. The number of allylic oxidation sites excluding steroid dienone is 1. The molecule has 0 amide bonds. The maximum absolute atomic E-state index is 14.8. The number of aliphatic imine (C=N–C) groups is 1. The number of hydrogen-bond donors (Lipinski definition) is 1. The molecule has 5 heterocycles.